The van der Waals surface area contributed by atoms with Crippen molar-refractivity contribution in [3.8, 4) is 0 Å². The quantitative estimate of drug-likeness (QED) is 0.760. The van der Waals surface area contributed by atoms with Gasteiger partial charge in [-0.05, 0) is 31.6 Å². The largest absolute Gasteiger partial charge is 0.396 e. The Labute approximate surface area is 96.1 Å². The molecule has 1 aliphatic rings. The molecule has 2 N–H and O–H groups in total. The van der Waals surface area contributed by atoms with E-state index in [1.54, 1.807) is 18.6 Å². The van der Waals surface area contributed by atoms with Crippen molar-refractivity contribution in [2.45, 2.75) is 32.2 Å². The Morgan fingerprint density at radius 2 is 2.31 bits per heavy atom. The molecule has 4 heteroatoms. The summed E-state index contributed by atoms with van der Waals surface area (Å²) >= 11 is 0. The third-order valence-electron chi connectivity index (χ3n) is 3.41. The zero-order chi connectivity index (χ0) is 11.4. The summed E-state index contributed by atoms with van der Waals surface area (Å²) in [5, 5.41) is 12.4. The lowest BCUT2D eigenvalue weighted by Gasteiger charge is -2.18. The van der Waals surface area contributed by atoms with E-state index in [-0.39, 0.29) is 6.04 Å². The number of aromatic nitrogens is 2. The summed E-state index contributed by atoms with van der Waals surface area (Å²) in [6.45, 7) is 3.35. The minimum Gasteiger partial charge on any atom is -0.396 e. The first-order chi connectivity index (χ1) is 7.76. The van der Waals surface area contributed by atoms with Gasteiger partial charge in [0.1, 0.15) is 0 Å². The number of nitrogens with zero attached hydrogens (tertiary/aromatic N) is 2. The van der Waals surface area contributed by atoms with Crippen LogP contribution in [0.5, 0.6) is 0 Å². The highest BCUT2D eigenvalue weighted by Gasteiger charge is 2.41. The van der Waals surface area contributed by atoms with E-state index < -0.39 is 0 Å². The van der Waals surface area contributed by atoms with Gasteiger partial charge in [-0.2, -0.15) is 0 Å². The van der Waals surface area contributed by atoms with E-state index in [1.807, 2.05) is 0 Å². The Balaban J connectivity index is 1.82. The van der Waals surface area contributed by atoms with Crippen molar-refractivity contribution >= 4 is 0 Å². The fourth-order valence-electron chi connectivity index (χ4n) is 1.94. The SMILES string of the molecule is CC(NCC1(CCO)CC1)c1cnccn1. The normalized spacial score (nSPS) is 19.4. The van der Waals surface area contributed by atoms with Crippen LogP contribution < -0.4 is 5.32 Å². The number of aliphatic hydroxyl groups excluding tert-OH is 1. The topological polar surface area (TPSA) is 58.0 Å². The molecule has 1 aliphatic carbocycles. The third kappa shape index (κ3) is 2.77. The molecular weight excluding hydrogens is 202 g/mol. The lowest BCUT2D eigenvalue weighted by Crippen LogP contribution is -2.28. The fourth-order valence-corrected chi connectivity index (χ4v) is 1.94. The van der Waals surface area contributed by atoms with Crippen LogP contribution in [-0.4, -0.2) is 28.2 Å². The molecule has 1 aromatic heterocycles. The second kappa shape index (κ2) is 4.89. The Morgan fingerprint density at radius 3 is 2.88 bits per heavy atom. The van der Waals surface area contributed by atoms with Crippen molar-refractivity contribution in [1.29, 1.82) is 0 Å². The average molecular weight is 221 g/mol. The molecular formula is C12H19N3O. The number of aliphatic hydroxyl groups is 1. The molecule has 0 aromatic carbocycles. The molecule has 0 amide bonds. The minimum absolute atomic E-state index is 0.227. The number of hydrogen-bond acceptors (Lipinski definition) is 4. The van der Waals surface area contributed by atoms with E-state index in [0.29, 0.717) is 12.0 Å². The molecule has 1 aromatic rings. The Bertz CT molecular complexity index is 324. The van der Waals surface area contributed by atoms with Crippen molar-refractivity contribution in [3.05, 3.63) is 24.3 Å². The summed E-state index contributed by atoms with van der Waals surface area (Å²) in [4.78, 5) is 8.33. The summed E-state index contributed by atoms with van der Waals surface area (Å²) in [6.07, 6.45) is 8.57. The molecule has 0 aliphatic heterocycles. The van der Waals surface area contributed by atoms with Crippen molar-refractivity contribution in [3.63, 3.8) is 0 Å². The van der Waals surface area contributed by atoms with Gasteiger partial charge in [0.15, 0.2) is 0 Å². The molecule has 1 fully saturated rings. The molecule has 2 rings (SSSR count). The maximum atomic E-state index is 8.97. The summed E-state index contributed by atoms with van der Waals surface area (Å²) < 4.78 is 0. The Kier molecular flexibility index (Phi) is 3.51. The molecule has 4 nitrogen and oxygen atoms in total. The van der Waals surface area contributed by atoms with Crippen LogP contribution in [0.1, 0.15) is 37.9 Å². The highest BCUT2D eigenvalue weighted by atomic mass is 16.3. The summed E-state index contributed by atoms with van der Waals surface area (Å²) in [6, 6.07) is 0.227. The van der Waals surface area contributed by atoms with Gasteiger partial charge < -0.3 is 10.4 Å². The molecule has 1 atom stereocenters. The van der Waals surface area contributed by atoms with Crippen molar-refractivity contribution in [2.24, 2.45) is 5.41 Å². The monoisotopic (exact) mass is 221 g/mol. The van der Waals surface area contributed by atoms with Crippen LogP contribution in [0.2, 0.25) is 0 Å². The number of hydrogen-bond donors (Lipinski definition) is 2. The van der Waals surface area contributed by atoms with Crippen LogP contribution in [0, 0.1) is 5.41 Å². The van der Waals surface area contributed by atoms with Crippen molar-refractivity contribution < 1.29 is 5.11 Å². The van der Waals surface area contributed by atoms with E-state index in [2.05, 4.69) is 22.2 Å². The first kappa shape index (κ1) is 11.5. The van der Waals surface area contributed by atoms with Gasteiger partial charge in [-0.15, -0.1) is 0 Å². The molecule has 1 saturated carbocycles. The standard InChI is InChI=1S/C12H19N3O/c1-10(11-8-13-5-6-14-11)15-9-12(2-3-12)4-7-16/h5-6,8,10,15-16H,2-4,7,9H2,1H3. The fraction of sp³-hybridized carbons (Fsp3) is 0.667. The molecule has 16 heavy (non-hydrogen) atoms. The van der Waals surface area contributed by atoms with E-state index in [9.17, 15) is 0 Å². The van der Waals surface area contributed by atoms with Crippen LogP contribution in [0.4, 0.5) is 0 Å². The number of nitrogens with one attached hydrogen (secondary N) is 1. The Hall–Kier alpha value is -1.00. The predicted octanol–water partition coefficient (Wildman–Crippen LogP) is 1.29. The molecule has 1 heterocycles. The summed E-state index contributed by atoms with van der Waals surface area (Å²) in [7, 11) is 0. The minimum atomic E-state index is 0.227. The van der Waals surface area contributed by atoms with Gasteiger partial charge in [0, 0.05) is 37.8 Å². The van der Waals surface area contributed by atoms with Gasteiger partial charge >= 0.3 is 0 Å². The van der Waals surface area contributed by atoms with Crippen LogP contribution >= 0.6 is 0 Å². The lowest BCUT2D eigenvalue weighted by molar-refractivity contribution is 0.242. The second-order valence-electron chi connectivity index (χ2n) is 4.71. The Morgan fingerprint density at radius 1 is 1.50 bits per heavy atom. The highest BCUT2D eigenvalue weighted by Crippen LogP contribution is 2.48. The molecule has 0 spiro atoms. The lowest BCUT2D eigenvalue weighted by atomic mass is 10.0. The molecule has 0 radical (unpaired) electrons. The van der Waals surface area contributed by atoms with Gasteiger partial charge in [-0.25, -0.2) is 0 Å². The first-order valence-electron chi connectivity index (χ1n) is 5.86. The van der Waals surface area contributed by atoms with E-state index in [4.69, 9.17) is 5.11 Å². The predicted molar refractivity (Wildman–Crippen MR) is 61.8 cm³/mol. The molecule has 0 bridgehead atoms. The first-order valence-corrected chi connectivity index (χ1v) is 5.86. The molecule has 0 saturated heterocycles. The maximum absolute atomic E-state index is 8.97. The van der Waals surface area contributed by atoms with Crippen LogP contribution in [-0.2, 0) is 0 Å². The van der Waals surface area contributed by atoms with Gasteiger partial charge in [0.25, 0.3) is 0 Å². The smallest absolute Gasteiger partial charge is 0.0753 e. The zero-order valence-electron chi connectivity index (χ0n) is 9.69. The van der Waals surface area contributed by atoms with Crippen LogP contribution in [0.25, 0.3) is 0 Å². The second-order valence-corrected chi connectivity index (χ2v) is 4.71. The highest BCUT2D eigenvalue weighted by molar-refractivity contribution is 5.02. The van der Waals surface area contributed by atoms with E-state index in [0.717, 1.165) is 18.7 Å². The van der Waals surface area contributed by atoms with Gasteiger partial charge in [-0.3, -0.25) is 9.97 Å². The average Bonchev–Trinajstić information content (AvgIpc) is 3.08. The van der Waals surface area contributed by atoms with E-state index in [1.165, 1.54) is 12.8 Å². The third-order valence-corrected chi connectivity index (χ3v) is 3.41. The van der Waals surface area contributed by atoms with Gasteiger partial charge in [0.05, 0.1) is 5.69 Å². The van der Waals surface area contributed by atoms with Crippen LogP contribution in [0.15, 0.2) is 18.6 Å². The summed E-state index contributed by atoms with van der Waals surface area (Å²) in [5.74, 6) is 0. The summed E-state index contributed by atoms with van der Waals surface area (Å²) in [5.41, 5.74) is 1.33. The van der Waals surface area contributed by atoms with Crippen LogP contribution in [0.3, 0.4) is 0 Å². The molecule has 1 unspecified atom stereocenters. The number of rotatable bonds is 6. The van der Waals surface area contributed by atoms with Crippen molar-refractivity contribution in [2.75, 3.05) is 13.2 Å². The van der Waals surface area contributed by atoms with Gasteiger partial charge in [-0.1, -0.05) is 0 Å². The molecule has 88 valence electrons. The maximum Gasteiger partial charge on any atom is 0.0753 e. The van der Waals surface area contributed by atoms with Crippen molar-refractivity contribution in [1.82, 2.24) is 15.3 Å². The van der Waals surface area contributed by atoms with Gasteiger partial charge in [0.2, 0.25) is 0 Å². The van der Waals surface area contributed by atoms with E-state index >= 15 is 0 Å². The zero-order valence-corrected chi connectivity index (χ0v) is 9.69.